The van der Waals surface area contributed by atoms with E-state index in [1.54, 1.807) is 7.05 Å². The van der Waals surface area contributed by atoms with Gasteiger partial charge in [0.2, 0.25) is 5.82 Å². The molecular weight excluding hydrogens is 238 g/mol. The molecule has 0 saturated heterocycles. The van der Waals surface area contributed by atoms with Crippen LogP contribution in [0.5, 0.6) is 5.75 Å². The Morgan fingerprint density at radius 3 is 2.89 bits per heavy atom. The number of nitrogens with zero attached hydrogens (tertiary/aromatic N) is 4. The van der Waals surface area contributed by atoms with Gasteiger partial charge >= 0.3 is 5.97 Å². The van der Waals surface area contributed by atoms with Crippen LogP contribution in [-0.4, -0.2) is 31.3 Å². The Morgan fingerprint density at radius 1 is 1.56 bits per heavy atom. The summed E-state index contributed by atoms with van der Waals surface area (Å²) >= 11 is 0. The predicted octanol–water partition coefficient (Wildman–Crippen LogP) is 0.0695. The van der Waals surface area contributed by atoms with Gasteiger partial charge in [0.25, 0.3) is 0 Å². The number of nitrogens with two attached hydrogens (primary N) is 1. The minimum absolute atomic E-state index is 0.109. The zero-order valence-electron chi connectivity index (χ0n) is 9.57. The van der Waals surface area contributed by atoms with E-state index in [-0.39, 0.29) is 17.9 Å². The topological polar surface area (TPSA) is 116 Å². The molecule has 8 heteroatoms. The highest BCUT2D eigenvalue weighted by molar-refractivity contribution is 5.89. The van der Waals surface area contributed by atoms with Crippen LogP contribution in [0.15, 0.2) is 18.2 Å². The van der Waals surface area contributed by atoms with E-state index in [4.69, 9.17) is 15.6 Å². The Bertz CT molecular complexity index is 581. The number of aromatic nitrogens is 4. The summed E-state index contributed by atoms with van der Waals surface area (Å²) in [6.45, 7) is 0.116. The smallest absolute Gasteiger partial charge is 0.335 e. The summed E-state index contributed by atoms with van der Waals surface area (Å²) in [5, 5.41) is 20.1. The lowest BCUT2D eigenvalue weighted by molar-refractivity contribution is 0.0697. The Labute approximate surface area is 102 Å². The summed E-state index contributed by atoms with van der Waals surface area (Å²) in [6, 6.07) is 4.25. The molecule has 0 aliphatic heterocycles. The normalized spacial score (nSPS) is 10.3. The van der Waals surface area contributed by atoms with Crippen LogP contribution in [-0.2, 0) is 13.7 Å². The zero-order chi connectivity index (χ0) is 13.1. The second kappa shape index (κ2) is 4.70. The molecular formula is C10H11N5O3. The maximum absolute atomic E-state index is 10.7. The van der Waals surface area contributed by atoms with Crippen LogP contribution in [0.25, 0.3) is 0 Å². The fourth-order valence-corrected chi connectivity index (χ4v) is 1.34. The molecule has 3 N–H and O–H groups in total. The van der Waals surface area contributed by atoms with Crippen LogP contribution in [0.1, 0.15) is 16.2 Å². The van der Waals surface area contributed by atoms with Gasteiger partial charge < -0.3 is 15.6 Å². The number of nitrogen functional groups attached to an aromatic ring is 1. The van der Waals surface area contributed by atoms with Crippen LogP contribution in [0.4, 0.5) is 5.69 Å². The molecule has 0 spiro atoms. The summed E-state index contributed by atoms with van der Waals surface area (Å²) in [4.78, 5) is 12.0. The average Bonchev–Trinajstić information content (AvgIpc) is 2.73. The first-order valence-electron chi connectivity index (χ1n) is 5.05. The first-order chi connectivity index (χ1) is 8.56. The van der Waals surface area contributed by atoms with Gasteiger partial charge in [-0.25, -0.2) is 4.79 Å². The van der Waals surface area contributed by atoms with Crippen LogP contribution < -0.4 is 10.5 Å². The number of ether oxygens (including phenoxy) is 1. The summed E-state index contributed by atoms with van der Waals surface area (Å²) in [6.07, 6.45) is 0. The van der Waals surface area contributed by atoms with E-state index in [2.05, 4.69) is 15.4 Å². The molecule has 0 saturated carbocycles. The van der Waals surface area contributed by atoms with Crippen molar-refractivity contribution in [2.24, 2.45) is 7.05 Å². The molecule has 0 atom stereocenters. The molecule has 8 nitrogen and oxygen atoms in total. The quantitative estimate of drug-likeness (QED) is 0.736. The molecule has 0 unspecified atom stereocenters. The summed E-state index contributed by atoms with van der Waals surface area (Å²) in [7, 11) is 1.65. The van der Waals surface area contributed by atoms with Gasteiger partial charge in [-0.3, -0.25) is 0 Å². The number of carboxylic acid groups (broad SMARTS) is 1. The van der Waals surface area contributed by atoms with Crippen LogP contribution in [0.3, 0.4) is 0 Å². The number of benzene rings is 1. The number of tetrazole rings is 1. The lowest BCUT2D eigenvalue weighted by atomic mass is 10.2. The Kier molecular flexibility index (Phi) is 3.09. The van der Waals surface area contributed by atoms with Crippen LogP contribution in [0, 0.1) is 0 Å². The predicted molar refractivity (Wildman–Crippen MR) is 60.9 cm³/mol. The maximum Gasteiger partial charge on any atom is 0.335 e. The molecule has 1 heterocycles. The third-order valence-electron chi connectivity index (χ3n) is 2.16. The number of aromatic carboxylic acids is 1. The number of carboxylic acids is 1. The molecule has 1 aromatic carbocycles. The van der Waals surface area contributed by atoms with Gasteiger partial charge in [-0.2, -0.15) is 4.80 Å². The third-order valence-corrected chi connectivity index (χ3v) is 2.16. The number of hydrogen-bond acceptors (Lipinski definition) is 6. The summed E-state index contributed by atoms with van der Waals surface area (Å²) in [5.74, 6) is -0.240. The minimum atomic E-state index is -1.04. The van der Waals surface area contributed by atoms with Crippen molar-refractivity contribution >= 4 is 11.7 Å². The van der Waals surface area contributed by atoms with Gasteiger partial charge in [-0.15, -0.1) is 10.2 Å². The second-order valence-corrected chi connectivity index (χ2v) is 3.54. The Hall–Kier alpha value is -2.64. The molecule has 0 amide bonds. The molecule has 0 aliphatic rings. The van der Waals surface area contributed by atoms with Crippen molar-refractivity contribution < 1.29 is 14.6 Å². The van der Waals surface area contributed by atoms with Crippen LogP contribution in [0.2, 0.25) is 0 Å². The van der Waals surface area contributed by atoms with E-state index in [0.29, 0.717) is 11.6 Å². The first kappa shape index (κ1) is 11.8. The fourth-order valence-electron chi connectivity index (χ4n) is 1.34. The molecule has 2 aromatic rings. The van der Waals surface area contributed by atoms with Gasteiger partial charge in [0, 0.05) is 0 Å². The van der Waals surface area contributed by atoms with Gasteiger partial charge in [0.05, 0.1) is 18.3 Å². The number of rotatable bonds is 4. The van der Waals surface area contributed by atoms with E-state index >= 15 is 0 Å². The van der Waals surface area contributed by atoms with E-state index in [1.165, 1.54) is 23.0 Å². The number of anilines is 1. The lowest BCUT2D eigenvalue weighted by Gasteiger charge is -2.07. The van der Waals surface area contributed by atoms with E-state index in [9.17, 15) is 4.79 Å². The molecule has 1 aromatic heterocycles. The largest absolute Gasteiger partial charge is 0.483 e. The minimum Gasteiger partial charge on any atom is -0.483 e. The van der Waals surface area contributed by atoms with E-state index < -0.39 is 5.97 Å². The van der Waals surface area contributed by atoms with Crippen LogP contribution >= 0.6 is 0 Å². The lowest BCUT2D eigenvalue weighted by Crippen LogP contribution is -2.03. The maximum atomic E-state index is 10.7. The number of hydrogen-bond donors (Lipinski definition) is 2. The van der Waals surface area contributed by atoms with E-state index in [1.807, 2.05) is 0 Å². The summed E-state index contributed by atoms with van der Waals surface area (Å²) < 4.78 is 5.37. The standard InChI is InChI=1S/C10H11N5O3/c1-15-13-9(12-14-15)5-18-8-3-2-6(10(16)17)4-7(8)11/h2-4H,5,11H2,1H3,(H,16,17). The Morgan fingerprint density at radius 2 is 2.33 bits per heavy atom. The highest BCUT2D eigenvalue weighted by atomic mass is 16.5. The fraction of sp³-hybridized carbons (Fsp3) is 0.200. The van der Waals surface area contributed by atoms with Gasteiger partial charge in [-0.1, -0.05) is 0 Å². The second-order valence-electron chi connectivity index (χ2n) is 3.54. The Balaban J connectivity index is 2.08. The third kappa shape index (κ3) is 2.54. The summed E-state index contributed by atoms with van der Waals surface area (Å²) in [5.41, 5.74) is 6.04. The SMILES string of the molecule is Cn1nnc(COc2ccc(C(=O)O)cc2N)n1. The molecule has 18 heavy (non-hydrogen) atoms. The van der Waals surface area contributed by atoms with Crippen molar-refractivity contribution in [3.63, 3.8) is 0 Å². The van der Waals surface area contributed by atoms with Crippen molar-refractivity contribution in [2.45, 2.75) is 6.61 Å². The van der Waals surface area contributed by atoms with Crippen molar-refractivity contribution in [1.82, 2.24) is 20.2 Å². The highest BCUT2D eigenvalue weighted by Crippen LogP contribution is 2.23. The highest BCUT2D eigenvalue weighted by Gasteiger charge is 2.08. The molecule has 0 fully saturated rings. The van der Waals surface area contributed by atoms with Crippen molar-refractivity contribution in [3.05, 3.63) is 29.6 Å². The van der Waals surface area contributed by atoms with Crippen molar-refractivity contribution in [2.75, 3.05) is 5.73 Å². The molecule has 0 radical (unpaired) electrons. The molecule has 94 valence electrons. The molecule has 2 rings (SSSR count). The molecule has 0 aliphatic carbocycles. The van der Waals surface area contributed by atoms with Gasteiger partial charge in [0.1, 0.15) is 5.75 Å². The number of carbonyl (C=O) groups is 1. The number of aryl methyl sites for hydroxylation is 1. The first-order valence-corrected chi connectivity index (χ1v) is 5.05. The molecule has 0 bridgehead atoms. The van der Waals surface area contributed by atoms with Crippen molar-refractivity contribution in [1.29, 1.82) is 0 Å². The van der Waals surface area contributed by atoms with E-state index in [0.717, 1.165) is 0 Å². The monoisotopic (exact) mass is 249 g/mol. The van der Waals surface area contributed by atoms with Gasteiger partial charge in [-0.05, 0) is 23.4 Å². The zero-order valence-corrected chi connectivity index (χ0v) is 9.57. The average molecular weight is 249 g/mol. The van der Waals surface area contributed by atoms with Crippen molar-refractivity contribution in [3.8, 4) is 5.75 Å². The van der Waals surface area contributed by atoms with Gasteiger partial charge in [0.15, 0.2) is 6.61 Å².